The summed E-state index contributed by atoms with van der Waals surface area (Å²) in [5.74, 6) is 0. The molecule has 2 heteroatoms. The Morgan fingerprint density at radius 3 is 1.59 bits per heavy atom. The molecule has 0 saturated carbocycles. The Morgan fingerprint density at radius 2 is 1.41 bits per heavy atom. The largest absolute Gasteiger partial charge is 0.349 e. The number of aromatic nitrogens is 2. The van der Waals surface area contributed by atoms with Gasteiger partial charge in [0.1, 0.15) is 0 Å². The molecular formula is C15H26N2. The van der Waals surface area contributed by atoms with Gasteiger partial charge in [0.15, 0.2) is 0 Å². The highest BCUT2D eigenvalue weighted by molar-refractivity contribution is 5.11. The van der Waals surface area contributed by atoms with E-state index in [1.165, 1.54) is 5.56 Å². The first-order valence-corrected chi connectivity index (χ1v) is 6.25. The fourth-order valence-corrected chi connectivity index (χ4v) is 0.860. The molecule has 0 aliphatic carbocycles. The van der Waals surface area contributed by atoms with Crippen LogP contribution < -0.4 is 0 Å². The van der Waals surface area contributed by atoms with E-state index >= 15 is 0 Å². The van der Waals surface area contributed by atoms with Crippen molar-refractivity contribution >= 4 is 0 Å². The van der Waals surface area contributed by atoms with E-state index in [-0.39, 0.29) is 0 Å². The van der Waals surface area contributed by atoms with Crippen LogP contribution in [0.5, 0.6) is 0 Å². The molecule has 96 valence electrons. The van der Waals surface area contributed by atoms with Gasteiger partial charge < -0.3 is 4.98 Å². The first kappa shape index (κ1) is 17.8. The molecule has 2 nitrogen and oxygen atoms in total. The Morgan fingerprint density at radius 1 is 0.882 bits per heavy atom. The SMILES string of the molecule is CC.CC.Cc1ccccc1.Cc1cnc[nH]1. The average molecular weight is 234 g/mol. The number of imidazole rings is 1. The van der Waals surface area contributed by atoms with Gasteiger partial charge in [0.2, 0.25) is 0 Å². The van der Waals surface area contributed by atoms with Gasteiger partial charge in [-0.1, -0.05) is 63.6 Å². The number of aromatic amines is 1. The summed E-state index contributed by atoms with van der Waals surface area (Å²) in [6.45, 7) is 12.0. The lowest BCUT2D eigenvalue weighted by atomic mass is 10.2. The van der Waals surface area contributed by atoms with Gasteiger partial charge in [0.05, 0.1) is 6.33 Å². The van der Waals surface area contributed by atoms with Crippen LogP contribution in [0.1, 0.15) is 39.0 Å². The third-order valence-electron chi connectivity index (χ3n) is 1.58. The number of hydrogen-bond donors (Lipinski definition) is 1. The van der Waals surface area contributed by atoms with Crippen LogP contribution in [-0.4, -0.2) is 9.97 Å². The second-order valence-electron chi connectivity index (χ2n) is 2.89. The third kappa shape index (κ3) is 12.4. The molecule has 0 spiro atoms. The molecule has 1 N–H and O–H groups in total. The second kappa shape index (κ2) is 14.4. The van der Waals surface area contributed by atoms with Crippen LogP contribution in [0, 0.1) is 13.8 Å². The minimum Gasteiger partial charge on any atom is -0.349 e. The number of aryl methyl sites for hydroxylation is 2. The van der Waals surface area contributed by atoms with E-state index in [1.54, 1.807) is 12.5 Å². The van der Waals surface area contributed by atoms with E-state index in [1.807, 2.05) is 52.8 Å². The lowest BCUT2D eigenvalue weighted by Crippen LogP contribution is -1.62. The van der Waals surface area contributed by atoms with Crippen LogP contribution in [0.3, 0.4) is 0 Å². The predicted octanol–water partition coefficient (Wildman–Crippen LogP) is 4.77. The Labute approximate surface area is 106 Å². The summed E-state index contributed by atoms with van der Waals surface area (Å²) < 4.78 is 0. The van der Waals surface area contributed by atoms with Gasteiger partial charge in [-0.25, -0.2) is 4.98 Å². The van der Waals surface area contributed by atoms with E-state index in [0.717, 1.165) is 5.69 Å². The fraction of sp³-hybridized carbons (Fsp3) is 0.400. The molecule has 0 aliphatic heterocycles. The number of hydrogen-bond acceptors (Lipinski definition) is 1. The highest BCUT2D eigenvalue weighted by atomic mass is 14.8. The molecule has 0 fully saturated rings. The van der Waals surface area contributed by atoms with Crippen molar-refractivity contribution in [2.45, 2.75) is 41.5 Å². The zero-order valence-corrected chi connectivity index (χ0v) is 12.0. The van der Waals surface area contributed by atoms with E-state index in [9.17, 15) is 0 Å². The predicted molar refractivity (Wildman–Crippen MR) is 77.2 cm³/mol. The summed E-state index contributed by atoms with van der Waals surface area (Å²) in [6, 6.07) is 10.3. The standard InChI is InChI=1S/C7H8.C4H6N2.2C2H6/c1-7-5-3-2-4-6-7;1-4-2-5-3-6-4;2*1-2/h2-6H,1H3;2-3H,1H3,(H,5,6);2*1-2H3. The smallest absolute Gasteiger partial charge is 0.0921 e. The molecule has 1 aromatic carbocycles. The summed E-state index contributed by atoms with van der Waals surface area (Å²) >= 11 is 0. The first-order chi connectivity index (χ1) is 8.29. The lowest BCUT2D eigenvalue weighted by molar-refractivity contribution is 1.25. The molecule has 0 saturated heterocycles. The lowest BCUT2D eigenvalue weighted by Gasteiger charge is -1.82. The van der Waals surface area contributed by atoms with Crippen molar-refractivity contribution in [2.75, 3.05) is 0 Å². The average Bonchev–Trinajstić information content (AvgIpc) is 2.87. The Balaban J connectivity index is 0. The first-order valence-electron chi connectivity index (χ1n) is 6.25. The normalized spacial score (nSPS) is 7.41. The summed E-state index contributed by atoms with van der Waals surface area (Å²) in [7, 11) is 0. The van der Waals surface area contributed by atoms with Crippen molar-refractivity contribution in [2.24, 2.45) is 0 Å². The van der Waals surface area contributed by atoms with Gasteiger partial charge in [-0.3, -0.25) is 0 Å². The molecule has 17 heavy (non-hydrogen) atoms. The van der Waals surface area contributed by atoms with Gasteiger partial charge in [0, 0.05) is 11.9 Å². The van der Waals surface area contributed by atoms with Crippen LogP contribution in [0.15, 0.2) is 42.9 Å². The van der Waals surface area contributed by atoms with Gasteiger partial charge in [-0.15, -0.1) is 0 Å². The Hall–Kier alpha value is -1.57. The van der Waals surface area contributed by atoms with Crippen molar-refractivity contribution in [3.63, 3.8) is 0 Å². The van der Waals surface area contributed by atoms with E-state index in [0.29, 0.717) is 0 Å². The number of H-pyrrole nitrogens is 1. The fourth-order valence-electron chi connectivity index (χ4n) is 0.860. The zero-order valence-electron chi connectivity index (χ0n) is 12.0. The zero-order chi connectivity index (χ0) is 13.5. The molecule has 0 bridgehead atoms. The molecule has 0 unspecified atom stereocenters. The van der Waals surface area contributed by atoms with Crippen LogP contribution in [0.2, 0.25) is 0 Å². The van der Waals surface area contributed by atoms with Crippen molar-refractivity contribution in [3.05, 3.63) is 54.1 Å². The van der Waals surface area contributed by atoms with Gasteiger partial charge in [-0.2, -0.15) is 0 Å². The molecule has 1 aromatic heterocycles. The number of benzene rings is 1. The molecule has 0 aliphatic rings. The van der Waals surface area contributed by atoms with Crippen LogP contribution >= 0.6 is 0 Å². The minimum absolute atomic E-state index is 1.11. The van der Waals surface area contributed by atoms with Crippen molar-refractivity contribution < 1.29 is 0 Å². The van der Waals surface area contributed by atoms with Gasteiger partial charge >= 0.3 is 0 Å². The quantitative estimate of drug-likeness (QED) is 0.699. The number of rotatable bonds is 0. The van der Waals surface area contributed by atoms with Crippen LogP contribution in [0.4, 0.5) is 0 Å². The monoisotopic (exact) mass is 234 g/mol. The summed E-state index contributed by atoms with van der Waals surface area (Å²) in [5.41, 5.74) is 2.43. The highest BCUT2D eigenvalue weighted by Gasteiger charge is 1.73. The van der Waals surface area contributed by atoms with Gasteiger partial charge in [0.25, 0.3) is 0 Å². The summed E-state index contributed by atoms with van der Waals surface area (Å²) in [5, 5.41) is 0. The van der Waals surface area contributed by atoms with Crippen LogP contribution in [-0.2, 0) is 0 Å². The topological polar surface area (TPSA) is 28.7 Å². The highest BCUT2D eigenvalue weighted by Crippen LogP contribution is 1.92. The van der Waals surface area contributed by atoms with E-state index < -0.39 is 0 Å². The molecule has 2 aromatic rings. The van der Waals surface area contributed by atoms with E-state index in [2.05, 4.69) is 29.0 Å². The van der Waals surface area contributed by atoms with Crippen LogP contribution in [0.25, 0.3) is 0 Å². The summed E-state index contributed by atoms with van der Waals surface area (Å²) in [4.78, 5) is 6.66. The van der Waals surface area contributed by atoms with E-state index in [4.69, 9.17) is 0 Å². The molecule has 0 amide bonds. The van der Waals surface area contributed by atoms with Crippen molar-refractivity contribution in [1.82, 2.24) is 9.97 Å². The molecule has 1 heterocycles. The number of nitrogens with zero attached hydrogens (tertiary/aromatic N) is 1. The third-order valence-corrected chi connectivity index (χ3v) is 1.58. The molecular weight excluding hydrogens is 208 g/mol. The molecule has 0 atom stereocenters. The molecule has 0 radical (unpaired) electrons. The maximum absolute atomic E-state index is 3.77. The summed E-state index contributed by atoms with van der Waals surface area (Å²) in [6.07, 6.45) is 3.44. The maximum Gasteiger partial charge on any atom is 0.0921 e. The van der Waals surface area contributed by atoms with Crippen molar-refractivity contribution in [1.29, 1.82) is 0 Å². The Bertz CT molecular complexity index is 312. The Kier molecular flexibility index (Phi) is 15.1. The van der Waals surface area contributed by atoms with Gasteiger partial charge in [-0.05, 0) is 13.8 Å². The maximum atomic E-state index is 3.77. The minimum atomic E-state index is 1.11. The number of nitrogens with one attached hydrogen (secondary N) is 1. The van der Waals surface area contributed by atoms with Crippen molar-refractivity contribution in [3.8, 4) is 0 Å². The second-order valence-corrected chi connectivity index (χ2v) is 2.89. The molecule has 2 rings (SSSR count).